The van der Waals surface area contributed by atoms with Crippen LogP contribution in [0.2, 0.25) is 0 Å². The van der Waals surface area contributed by atoms with Crippen molar-refractivity contribution in [2.45, 2.75) is 239 Å². The molecule has 0 radical (unpaired) electrons. The summed E-state index contributed by atoms with van der Waals surface area (Å²) < 4.78 is 217. The van der Waals surface area contributed by atoms with Gasteiger partial charge in [-0.2, -0.15) is 0 Å². The van der Waals surface area contributed by atoms with Gasteiger partial charge in [0.25, 0.3) is 0 Å². The zero-order chi connectivity index (χ0) is 52.1. The Morgan fingerprint density at radius 3 is 0.603 bits per heavy atom. The van der Waals surface area contributed by atoms with Crippen LogP contribution in [-0.2, 0) is 50.1 Å². The maximum atomic E-state index is 17.8. The molecule has 0 aromatic carbocycles. The van der Waals surface area contributed by atoms with Crippen molar-refractivity contribution in [2.24, 2.45) is 0 Å². The molecule has 0 fully saturated rings. The summed E-state index contributed by atoms with van der Waals surface area (Å²) in [4.78, 5) is 0. The Morgan fingerprint density at radius 1 is 0.279 bits per heavy atom. The van der Waals surface area contributed by atoms with Crippen molar-refractivity contribution in [3.63, 3.8) is 0 Å². The molecule has 0 heterocycles. The number of sulfonamides is 5. The van der Waals surface area contributed by atoms with Gasteiger partial charge in [-0.3, -0.25) is 0 Å². The lowest BCUT2D eigenvalue weighted by Crippen LogP contribution is -2.85. The lowest BCUT2D eigenvalue weighted by atomic mass is 10.1. The molecule has 0 bridgehead atoms. The summed E-state index contributed by atoms with van der Waals surface area (Å²) in [5.41, 5.74) is 0. The van der Waals surface area contributed by atoms with Crippen molar-refractivity contribution in [3.8, 4) is 0 Å². The molecule has 0 aromatic rings. The maximum absolute atomic E-state index is 17.8. The van der Waals surface area contributed by atoms with E-state index in [4.69, 9.17) is 0 Å². The molecular weight excluding hydrogens is 1010 g/mol. The van der Waals surface area contributed by atoms with E-state index in [1.54, 1.807) is 0 Å². The fourth-order valence-electron chi connectivity index (χ4n) is 7.53. The number of unbranched alkanes of at least 4 members (excludes halogenated alkanes) is 25. The van der Waals surface area contributed by atoms with Crippen molar-refractivity contribution < 1.29 is 69.6 Å². The van der Waals surface area contributed by atoms with Crippen LogP contribution < -0.4 is 0 Å². The highest BCUT2D eigenvalue weighted by molar-refractivity contribution is 7.91. The lowest BCUT2D eigenvalue weighted by Gasteiger charge is -2.51. The highest BCUT2D eigenvalue weighted by Gasteiger charge is 2.82. The summed E-state index contributed by atoms with van der Waals surface area (Å²) >= 11 is 0. The van der Waals surface area contributed by atoms with Gasteiger partial charge >= 0.3 is 11.6 Å². The van der Waals surface area contributed by atoms with Gasteiger partial charge in [0.1, 0.15) is 0 Å². The topological polar surface area (TPSA) is 207 Å². The molecular formula is C42H86F5N5O11S5. The van der Waals surface area contributed by atoms with E-state index in [2.05, 4.69) is 0 Å². The molecule has 0 atom stereocenters. The van der Waals surface area contributed by atoms with Gasteiger partial charge in [-0.25, -0.2) is 42.1 Å². The largest absolute Gasteiger partial charge is 0.354 e. The Bertz CT molecular complexity index is 1750. The molecule has 0 aliphatic rings. The zero-order valence-corrected chi connectivity index (χ0v) is 45.5. The van der Waals surface area contributed by atoms with Gasteiger partial charge in [0.05, 0.1) is 28.8 Å². The summed E-state index contributed by atoms with van der Waals surface area (Å²) in [5.74, 6) is -20.3. The van der Waals surface area contributed by atoms with E-state index in [-0.39, 0.29) is 32.1 Å². The molecule has 0 aliphatic heterocycles. The Kier molecular flexibility index (Phi) is 33.4. The van der Waals surface area contributed by atoms with Gasteiger partial charge in [-0.15, -0.1) is 22.4 Å². The van der Waals surface area contributed by atoms with Crippen LogP contribution in [0.15, 0.2) is 0 Å². The van der Waals surface area contributed by atoms with Crippen LogP contribution in [0.1, 0.15) is 227 Å². The molecule has 0 saturated heterocycles. The normalized spacial score (nSPS) is 13.9. The van der Waals surface area contributed by atoms with Gasteiger partial charge in [-0.1, -0.05) is 195 Å². The standard InChI is InChI=1S/C42H86F5N5O11S5/c1-6-11-16-21-26-31-36-64(54,55)48(43)41(49(44)65(56,57)37-32-27-22-17-12-7-2,50(45)66(58,59)38-33-28-23-18-13-8-3)42(53,51(46)67(60,61)39-34-29-24-19-14-9-4)52(47)68(62,63)40-35-30-25-20-15-10-5/h53H,6-40H2,1-5H3. The third kappa shape index (κ3) is 20.9. The molecule has 0 amide bonds. The van der Waals surface area contributed by atoms with E-state index in [0.29, 0.717) is 96.3 Å². The van der Waals surface area contributed by atoms with Gasteiger partial charge in [0, 0.05) is 22.6 Å². The Balaban J connectivity index is 8.67. The summed E-state index contributed by atoms with van der Waals surface area (Å²) in [6, 6.07) is 0. The SMILES string of the molecule is CCCCCCCCS(=O)(=O)N(F)C(O)(N(F)S(=O)(=O)CCCCCCCC)C(N(F)S(=O)(=O)CCCCCCCC)(N(F)S(=O)(=O)CCCCCCCC)N(F)S(=O)(=O)CCCCCCCC. The van der Waals surface area contributed by atoms with Crippen molar-refractivity contribution in [1.29, 1.82) is 0 Å². The minimum absolute atomic E-state index is 0.0159. The molecule has 0 rings (SSSR count). The van der Waals surface area contributed by atoms with Crippen molar-refractivity contribution in [3.05, 3.63) is 0 Å². The minimum Gasteiger partial charge on any atom is -0.354 e. The van der Waals surface area contributed by atoms with Crippen LogP contribution in [0.5, 0.6) is 0 Å². The second-order valence-electron chi connectivity index (χ2n) is 17.8. The van der Waals surface area contributed by atoms with Crippen molar-refractivity contribution in [1.82, 2.24) is 22.6 Å². The molecule has 68 heavy (non-hydrogen) atoms. The molecule has 1 N–H and O–H groups in total. The molecule has 0 aromatic heterocycles. The van der Waals surface area contributed by atoms with Crippen LogP contribution in [0.25, 0.3) is 0 Å². The number of hydrogen-bond acceptors (Lipinski definition) is 11. The van der Waals surface area contributed by atoms with Gasteiger partial charge in [0.15, 0.2) is 0 Å². The fourth-order valence-corrected chi connectivity index (χ4v) is 14.5. The van der Waals surface area contributed by atoms with E-state index in [0.717, 1.165) is 32.1 Å². The van der Waals surface area contributed by atoms with Crippen LogP contribution in [0, 0.1) is 0 Å². The van der Waals surface area contributed by atoms with Gasteiger partial charge in [0.2, 0.25) is 50.1 Å². The first-order chi connectivity index (χ1) is 31.8. The van der Waals surface area contributed by atoms with E-state index in [9.17, 15) is 47.2 Å². The Labute approximate surface area is 408 Å². The molecule has 0 saturated carbocycles. The second-order valence-corrected chi connectivity index (χ2v) is 27.2. The summed E-state index contributed by atoms with van der Waals surface area (Å²) in [7, 11) is -31.6. The predicted molar refractivity (Wildman–Crippen MR) is 258 cm³/mol. The number of halogens is 5. The van der Waals surface area contributed by atoms with Crippen LogP contribution in [0.3, 0.4) is 0 Å². The quantitative estimate of drug-likeness (QED) is 0.0262. The third-order valence-corrected chi connectivity index (χ3v) is 19.4. The zero-order valence-electron chi connectivity index (χ0n) is 41.4. The minimum atomic E-state index is -6.35. The van der Waals surface area contributed by atoms with E-state index in [1.807, 2.05) is 34.6 Å². The van der Waals surface area contributed by atoms with Gasteiger partial charge < -0.3 is 5.11 Å². The smallest absolute Gasteiger partial charge is 0.321 e. The monoisotopic (exact) mass is 1090 g/mol. The summed E-state index contributed by atoms with van der Waals surface area (Å²) in [5, 5.41) is 12.5. The Morgan fingerprint density at radius 2 is 0.426 bits per heavy atom. The number of rotatable bonds is 46. The number of nitrogens with zero attached hydrogens (tertiary/aromatic N) is 5. The average molecular weight is 1090 g/mol. The Hall–Kier alpha value is -0.840. The van der Waals surface area contributed by atoms with Crippen LogP contribution >= 0.6 is 0 Å². The highest BCUT2D eigenvalue weighted by Crippen LogP contribution is 2.49. The van der Waals surface area contributed by atoms with E-state index in [1.165, 1.54) is 0 Å². The molecule has 0 unspecified atom stereocenters. The average Bonchev–Trinajstić information content (AvgIpc) is 3.28. The molecule has 0 aliphatic carbocycles. The van der Waals surface area contributed by atoms with Crippen molar-refractivity contribution in [2.75, 3.05) is 28.8 Å². The van der Waals surface area contributed by atoms with E-state index >= 15 is 22.4 Å². The maximum Gasteiger partial charge on any atom is 0.321 e. The molecule has 410 valence electrons. The van der Waals surface area contributed by atoms with Gasteiger partial charge in [-0.05, 0) is 32.1 Å². The second kappa shape index (κ2) is 33.8. The summed E-state index contributed by atoms with van der Waals surface area (Å²) in [6.45, 7) is 9.33. The van der Waals surface area contributed by atoms with Crippen molar-refractivity contribution >= 4 is 50.1 Å². The molecule has 0 spiro atoms. The van der Waals surface area contributed by atoms with Crippen LogP contribution in [-0.4, -0.2) is 110 Å². The summed E-state index contributed by atoms with van der Waals surface area (Å²) in [6.07, 6.45) is 8.29. The number of aliphatic hydroxyl groups is 1. The highest BCUT2D eigenvalue weighted by atomic mass is 32.2. The first-order valence-corrected chi connectivity index (χ1v) is 33.0. The molecule has 26 heteroatoms. The fraction of sp³-hybridized carbons (Fsp3) is 1.00. The van der Waals surface area contributed by atoms with E-state index < -0.39 is 145 Å². The van der Waals surface area contributed by atoms with Crippen LogP contribution in [0.4, 0.5) is 22.4 Å². The third-order valence-electron chi connectivity index (χ3n) is 11.7. The number of hydrogen-bond donors (Lipinski definition) is 1. The predicted octanol–water partition coefficient (Wildman–Crippen LogP) is 10.7. The first kappa shape index (κ1) is 67.2. The first-order valence-electron chi connectivity index (χ1n) is 25.0. The lowest BCUT2D eigenvalue weighted by molar-refractivity contribution is -0.410. The molecule has 16 nitrogen and oxygen atoms in total.